The van der Waals surface area contributed by atoms with E-state index in [9.17, 15) is 14.4 Å². The number of hydrogen-bond donors (Lipinski definition) is 3. The summed E-state index contributed by atoms with van der Waals surface area (Å²) >= 11 is 1.25. The summed E-state index contributed by atoms with van der Waals surface area (Å²) in [5.74, 6) is -2.69. The summed E-state index contributed by atoms with van der Waals surface area (Å²) in [6, 6.07) is 1.20. The molecule has 0 fully saturated rings. The van der Waals surface area contributed by atoms with Gasteiger partial charge in [0, 0.05) is 20.2 Å². The molecule has 10 heteroatoms. The minimum Gasteiger partial charge on any atom is -0.478 e. The third-order valence-electron chi connectivity index (χ3n) is 2.39. The van der Waals surface area contributed by atoms with Gasteiger partial charge in [-0.2, -0.15) is 0 Å². The van der Waals surface area contributed by atoms with Crippen LogP contribution in [0.25, 0.3) is 0 Å². The summed E-state index contributed by atoms with van der Waals surface area (Å²) in [5.41, 5.74) is 1.48. The van der Waals surface area contributed by atoms with E-state index >= 15 is 0 Å². The first kappa shape index (κ1) is 16.6. The molecule has 0 unspecified atom stereocenters. The van der Waals surface area contributed by atoms with E-state index in [0.717, 1.165) is 5.01 Å². The van der Waals surface area contributed by atoms with Crippen LogP contribution in [0.2, 0.25) is 0 Å². The van der Waals surface area contributed by atoms with Crippen molar-refractivity contribution in [2.45, 2.75) is 5.16 Å². The van der Waals surface area contributed by atoms with Gasteiger partial charge < -0.3 is 10.2 Å². The summed E-state index contributed by atoms with van der Waals surface area (Å²) in [6.45, 7) is 0. The molecule has 0 aliphatic rings. The Morgan fingerprint density at radius 3 is 2.57 bits per heavy atom. The zero-order chi connectivity index (χ0) is 16.2. The normalized spacial score (nSPS) is 11.1. The summed E-state index contributed by atoms with van der Waals surface area (Å²) in [4.78, 5) is 37.4. The number of hydrogen-bond acceptors (Lipinski definition) is 7. The largest absolute Gasteiger partial charge is 0.478 e. The fourth-order valence-electron chi connectivity index (χ4n) is 1.36. The Bertz CT molecular complexity index is 655. The minimum absolute atomic E-state index is 0.167. The van der Waals surface area contributed by atoms with Crippen LogP contribution in [0.1, 0.15) is 0 Å². The smallest absolute Gasteiger partial charge is 0.354 e. The zero-order valence-corrected chi connectivity index (χ0v) is 12.3. The SMILES string of the molecule is CSc1nc(N(C)N/C(=C/C(=O)O)C(=O)O)cc(=O)n1C. The fourth-order valence-corrected chi connectivity index (χ4v) is 1.91. The highest BCUT2D eigenvalue weighted by Crippen LogP contribution is 2.13. The first-order valence-corrected chi connectivity index (χ1v) is 6.79. The fraction of sp³-hybridized carbons (Fsp3) is 0.273. The second-order valence-electron chi connectivity index (χ2n) is 3.87. The molecule has 1 aromatic heterocycles. The van der Waals surface area contributed by atoms with E-state index < -0.39 is 17.6 Å². The number of anilines is 1. The van der Waals surface area contributed by atoms with Crippen molar-refractivity contribution < 1.29 is 19.8 Å². The monoisotopic (exact) mass is 314 g/mol. The van der Waals surface area contributed by atoms with Gasteiger partial charge in [0.15, 0.2) is 11.0 Å². The molecule has 1 heterocycles. The highest BCUT2D eigenvalue weighted by Gasteiger charge is 2.14. The van der Waals surface area contributed by atoms with E-state index in [-0.39, 0.29) is 11.4 Å². The van der Waals surface area contributed by atoms with E-state index in [1.807, 2.05) is 0 Å². The van der Waals surface area contributed by atoms with Crippen molar-refractivity contribution >= 4 is 29.5 Å². The molecule has 3 N–H and O–H groups in total. The molecule has 0 radical (unpaired) electrons. The van der Waals surface area contributed by atoms with Crippen molar-refractivity contribution in [2.24, 2.45) is 7.05 Å². The molecule has 0 saturated heterocycles. The van der Waals surface area contributed by atoms with Crippen LogP contribution < -0.4 is 16.0 Å². The number of thioether (sulfide) groups is 1. The lowest BCUT2D eigenvalue weighted by Gasteiger charge is -2.21. The molecular weight excluding hydrogens is 300 g/mol. The standard InChI is InChI=1S/C11H14N4O5S/c1-14-8(16)5-7(12-11(14)21-3)15(2)13-6(10(19)20)4-9(17)18/h4-5,13H,1-3H3,(H,17,18)(H,19,20)/b6-4+. The van der Waals surface area contributed by atoms with Gasteiger partial charge in [0.2, 0.25) is 0 Å². The number of carbonyl (C=O) groups is 2. The van der Waals surface area contributed by atoms with Crippen LogP contribution >= 0.6 is 11.8 Å². The van der Waals surface area contributed by atoms with E-state index in [1.165, 1.54) is 29.4 Å². The third-order valence-corrected chi connectivity index (χ3v) is 3.12. The summed E-state index contributed by atoms with van der Waals surface area (Å²) in [6.07, 6.45) is 2.25. The average molecular weight is 314 g/mol. The van der Waals surface area contributed by atoms with Gasteiger partial charge in [0.1, 0.15) is 5.70 Å². The number of rotatable bonds is 6. The summed E-state index contributed by atoms with van der Waals surface area (Å²) < 4.78 is 1.34. The van der Waals surface area contributed by atoms with Crippen molar-refractivity contribution in [1.82, 2.24) is 15.0 Å². The molecule has 0 bridgehead atoms. The van der Waals surface area contributed by atoms with Gasteiger partial charge in [-0.05, 0) is 6.26 Å². The maximum atomic E-state index is 11.8. The molecule has 0 amide bonds. The Hall–Kier alpha value is -2.49. The third kappa shape index (κ3) is 4.24. The van der Waals surface area contributed by atoms with E-state index in [1.54, 1.807) is 13.3 Å². The molecule has 114 valence electrons. The Morgan fingerprint density at radius 1 is 1.48 bits per heavy atom. The van der Waals surface area contributed by atoms with Crippen molar-refractivity contribution in [3.05, 3.63) is 28.2 Å². The van der Waals surface area contributed by atoms with Crippen LogP contribution in [0.3, 0.4) is 0 Å². The second-order valence-corrected chi connectivity index (χ2v) is 4.64. The van der Waals surface area contributed by atoms with E-state index in [4.69, 9.17) is 10.2 Å². The van der Waals surface area contributed by atoms with Crippen molar-refractivity contribution in [2.75, 3.05) is 18.3 Å². The van der Waals surface area contributed by atoms with Gasteiger partial charge in [-0.15, -0.1) is 0 Å². The predicted octanol–water partition coefficient (Wildman–Crippen LogP) is -0.504. The molecule has 21 heavy (non-hydrogen) atoms. The van der Waals surface area contributed by atoms with Crippen molar-refractivity contribution in [3.63, 3.8) is 0 Å². The predicted molar refractivity (Wildman–Crippen MR) is 76.2 cm³/mol. The molecule has 9 nitrogen and oxygen atoms in total. The topological polar surface area (TPSA) is 125 Å². The second kappa shape index (κ2) is 6.79. The number of aromatic nitrogens is 2. The number of carboxylic acid groups (broad SMARTS) is 2. The van der Waals surface area contributed by atoms with E-state index in [0.29, 0.717) is 11.2 Å². The zero-order valence-electron chi connectivity index (χ0n) is 11.5. The van der Waals surface area contributed by atoms with Crippen LogP contribution in [0, 0.1) is 0 Å². The number of carboxylic acids is 2. The highest BCUT2D eigenvalue weighted by molar-refractivity contribution is 7.98. The molecule has 0 spiro atoms. The Labute approximate surface area is 123 Å². The van der Waals surface area contributed by atoms with Gasteiger partial charge in [0.25, 0.3) is 5.56 Å². The first-order chi connectivity index (χ1) is 9.76. The van der Waals surface area contributed by atoms with Gasteiger partial charge in [-0.25, -0.2) is 14.6 Å². The summed E-state index contributed by atoms with van der Waals surface area (Å²) in [5, 5.41) is 19.1. The molecule has 0 aliphatic carbocycles. The lowest BCUT2D eigenvalue weighted by Crippen LogP contribution is -2.38. The van der Waals surface area contributed by atoms with E-state index in [2.05, 4.69) is 10.4 Å². The molecule has 1 aromatic rings. The maximum Gasteiger partial charge on any atom is 0.354 e. The van der Waals surface area contributed by atoms with Crippen molar-refractivity contribution in [3.8, 4) is 0 Å². The average Bonchev–Trinajstić information content (AvgIpc) is 2.40. The first-order valence-electron chi connectivity index (χ1n) is 5.56. The minimum atomic E-state index is -1.45. The van der Waals surface area contributed by atoms with Crippen LogP contribution in [-0.4, -0.2) is 45.0 Å². The number of hydrazine groups is 1. The van der Waals surface area contributed by atoms with Gasteiger partial charge in [-0.1, -0.05) is 11.8 Å². The van der Waals surface area contributed by atoms with Crippen LogP contribution in [-0.2, 0) is 16.6 Å². The van der Waals surface area contributed by atoms with Crippen LogP contribution in [0.15, 0.2) is 27.8 Å². The lowest BCUT2D eigenvalue weighted by molar-refractivity contribution is -0.135. The van der Waals surface area contributed by atoms with Crippen LogP contribution in [0.5, 0.6) is 0 Å². The Kier molecular flexibility index (Phi) is 5.36. The highest BCUT2D eigenvalue weighted by atomic mass is 32.2. The quantitative estimate of drug-likeness (QED) is 0.276. The molecule has 1 rings (SSSR count). The van der Waals surface area contributed by atoms with Gasteiger partial charge >= 0.3 is 11.9 Å². The number of nitrogens with zero attached hydrogens (tertiary/aromatic N) is 3. The molecule has 0 aliphatic heterocycles. The Balaban J connectivity index is 3.11. The van der Waals surface area contributed by atoms with Gasteiger partial charge in [-0.3, -0.25) is 19.8 Å². The molecule has 0 aromatic carbocycles. The van der Waals surface area contributed by atoms with Crippen molar-refractivity contribution in [1.29, 1.82) is 0 Å². The molecule has 0 atom stereocenters. The lowest BCUT2D eigenvalue weighted by atomic mass is 10.4. The van der Waals surface area contributed by atoms with Crippen LogP contribution in [0.4, 0.5) is 5.82 Å². The maximum absolute atomic E-state index is 11.8. The molecule has 0 saturated carbocycles. The van der Waals surface area contributed by atoms with Gasteiger partial charge in [0.05, 0.1) is 6.08 Å². The molecular formula is C11H14N4O5S. The number of aliphatic carboxylic acids is 2. The summed E-state index contributed by atoms with van der Waals surface area (Å²) in [7, 11) is 2.98. The number of nitrogens with one attached hydrogen (secondary N) is 1. The Morgan fingerprint density at radius 2 is 2.10 bits per heavy atom.